The Morgan fingerprint density at radius 3 is 2.67 bits per heavy atom. The van der Waals surface area contributed by atoms with E-state index in [0.717, 1.165) is 17.5 Å². The fraction of sp³-hybridized carbons (Fsp3) is 0.467. The SMILES string of the molecule is COc1cc(F)c(C(C)C)cc1C1=CCOCC1. The molecule has 0 aromatic heterocycles. The molecule has 0 atom stereocenters. The largest absolute Gasteiger partial charge is 0.496 e. The van der Waals surface area contributed by atoms with Crippen LogP contribution in [0.15, 0.2) is 18.2 Å². The summed E-state index contributed by atoms with van der Waals surface area (Å²) in [6, 6.07) is 3.40. The van der Waals surface area contributed by atoms with E-state index in [-0.39, 0.29) is 11.7 Å². The highest BCUT2D eigenvalue weighted by Crippen LogP contribution is 2.34. The van der Waals surface area contributed by atoms with Crippen molar-refractivity contribution < 1.29 is 13.9 Å². The van der Waals surface area contributed by atoms with E-state index in [1.165, 1.54) is 11.6 Å². The van der Waals surface area contributed by atoms with Crippen molar-refractivity contribution in [2.75, 3.05) is 20.3 Å². The molecule has 0 spiro atoms. The number of rotatable bonds is 3. The molecule has 0 radical (unpaired) electrons. The van der Waals surface area contributed by atoms with Crippen molar-refractivity contribution in [2.45, 2.75) is 26.2 Å². The third-order valence-corrected chi connectivity index (χ3v) is 3.25. The molecule has 98 valence electrons. The van der Waals surface area contributed by atoms with Gasteiger partial charge in [0.2, 0.25) is 0 Å². The van der Waals surface area contributed by atoms with E-state index in [1.807, 2.05) is 26.0 Å². The quantitative estimate of drug-likeness (QED) is 0.813. The normalized spacial score (nSPS) is 15.7. The van der Waals surface area contributed by atoms with Crippen molar-refractivity contribution in [3.05, 3.63) is 35.2 Å². The molecule has 0 fully saturated rings. The van der Waals surface area contributed by atoms with Gasteiger partial charge in [0, 0.05) is 11.6 Å². The molecule has 2 rings (SSSR count). The van der Waals surface area contributed by atoms with E-state index in [9.17, 15) is 4.39 Å². The van der Waals surface area contributed by atoms with E-state index >= 15 is 0 Å². The summed E-state index contributed by atoms with van der Waals surface area (Å²) < 4.78 is 24.5. The lowest BCUT2D eigenvalue weighted by molar-refractivity contribution is 0.161. The van der Waals surface area contributed by atoms with Crippen LogP contribution in [0, 0.1) is 5.82 Å². The topological polar surface area (TPSA) is 18.5 Å². The lowest BCUT2D eigenvalue weighted by atomic mass is 9.94. The van der Waals surface area contributed by atoms with Gasteiger partial charge in [0.1, 0.15) is 11.6 Å². The number of hydrogen-bond donors (Lipinski definition) is 0. The highest BCUT2D eigenvalue weighted by Gasteiger charge is 2.16. The van der Waals surface area contributed by atoms with Crippen LogP contribution in [0.5, 0.6) is 5.75 Å². The van der Waals surface area contributed by atoms with Crippen molar-refractivity contribution in [3.63, 3.8) is 0 Å². The molecule has 0 N–H and O–H groups in total. The van der Waals surface area contributed by atoms with Gasteiger partial charge >= 0.3 is 0 Å². The van der Waals surface area contributed by atoms with Crippen LogP contribution >= 0.6 is 0 Å². The molecular weight excluding hydrogens is 231 g/mol. The van der Waals surface area contributed by atoms with Gasteiger partial charge in [0.15, 0.2) is 0 Å². The molecule has 1 aromatic carbocycles. The highest BCUT2D eigenvalue weighted by atomic mass is 19.1. The molecule has 1 aliphatic heterocycles. The summed E-state index contributed by atoms with van der Waals surface area (Å²) in [5.74, 6) is 0.568. The van der Waals surface area contributed by atoms with Crippen molar-refractivity contribution in [3.8, 4) is 5.75 Å². The van der Waals surface area contributed by atoms with Crippen LogP contribution in [0.1, 0.15) is 37.3 Å². The average molecular weight is 250 g/mol. The van der Waals surface area contributed by atoms with Gasteiger partial charge in [-0.15, -0.1) is 0 Å². The van der Waals surface area contributed by atoms with Gasteiger partial charge in [-0.2, -0.15) is 0 Å². The first kappa shape index (κ1) is 13.1. The highest BCUT2D eigenvalue weighted by molar-refractivity contribution is 5.72. The zero-order chi connectivity index (χ0) is 13.1. The molecule has 3 heteroatoms. The standard InChI is InChI=1S/C15H19FO2/c1-10(2)12-8-13(11-4-6-18-7-5-11)15(17-3)9-14(12)16/h4,8-10H,5-7H2,1-3H3. The molecule has 0 saturated heterocycles. The van der Waals surface area contributed by atoms with E-state index in [0.29, 0.717) is 19.0 Å². The monoisotopic (exact) mass is 250 g/mol. The molecule has 2 nitrogen and oxygen atoms in total. The Morgan fingerprint density at radius 2 is 2.11 bits per heavy atom. The fourth-order valence-electron chi connectivity index (χ4n) is 2.21. The van der Waals surface area contributed by atoms with E-state index in [1.54, 1.807) is 7.11 Å². The van der Waals surface area contributed by atoms with Gasteiger partial charge in [0.05, 0.1) is 20.3 Å². The predicted octanol–water partition coefficient (Wildman–Crippen LogP) is 3.76. The molecule has 1 aromatic rings. The molecular formula is C15H19FO2. The van der Waals surface area contributed by atoms with Crippen molar-refractivity contribution in [1.29, 1.82) is 0 Å². The maximum atomic E-state index is 13.9. The average Bonchev–Trinajstić information content (AvgIpc) is 2.39. The van der Waals surface area contributed by atoms with Crippen LogP contribution in [0.25, 0.3) is 5.57 Å². The number of benzene rings is 1. The van der Waals surface area contributed by atoms with Crippen LogP contribution in [0.2, 0.25) is 0 Å². The second kappa shape index (κ2) is 5.53. The van der Waals surface area contributed by atoms with E-state index in [2.05, 4.69) is 0 Å². The van der Waals surface area contributed by atoms with Crippen LogP contribution in [0.3, 0.4) is 0 Å². The Balaban J connectivity index is 2.49. The minimum absolute atomic E-state index is 0.162. The molecule has 0 aliphatic carbocycles. The Morgan fingerprint density at radius 1 is 1.33 bits per heavy atom. The second-order valence-corrected chi connectivity index (χ2v) is 4.78. The lowest BCUT2D eigenvalue weighted by Gasteiger charge is -2.19. The maximum Gasteiger partial charge on any atom is 0.130 e. The Bertz CT molecular complexity index is 464. The van der Waals surface area contributed by atoms with Crippen molar-refractivity contribution in [1.82, 2.24) is 0 Å². The van der Waals surface area contributed by atoms with Gasteiger partial charge in [-0.05, 0) is 29.5 Å². The first-order valence-corrected chi connectivity index (χ1v) is 6.28. The molecule has 0 unspecified atom stereocenters. The minimum Gasteiger partial charge on any atom is -0.496 e. The first-order valence-electron chi connectivity index (χ1n) is 6.28. The number of halogens is 1. The molecule has 0 bridgehead atoms. The Kier molecular flexibility index (Phi) is 4.02. The van der Waals surface area contributed by atoms with Crippen LogP contribution in [0.4, 0.5) is 4.39 Å². The van der Waals surface area contributed by atoms with E-state index < -0.39 is 0 Å². The summed E-state index contributed by atoms with van der Waals surface area (Å²) in [6.45, 7) is 5.32. The van der Waals surface area contributed by atoms with Crippen LogP contribution in [-0.4, -0.2) is 20.3 Å². The predicted molar refractivity (Wildman–Crippen MR) is 70.5 cm³/mol. The Hall–Kier alpha value is -1.35. The summed E-state index contributed by atoms with van der Waals surface area (Å²) in [5.41, 5.74) is 2.91. The van der Waals surface area contributed by atoms with Gasteiger partial charge in [0.25, 0.3) is 0 Å². The second-order valence-electron chi connectivity index (χ2n) is 4.78. The smallest absolute Gasteiger partial charge is 0.130 e. The zero-order valence-corrected chi connectivity index (χ0v) is 11.1. The summed E-state index contributed by atoms with van der Waals surface area (Å²) in [6.07, 6.45) is 2.89. The maximum absolute atomic E-state index is 13.9. The molecule has 0 saturated carbocycles. The number of hydrogen-bond acceptors (Lipinski definition) is 2. The summed E-state index contributed by atoms with van der Waals surface area (Å²) in [5, 5.41) is 0. The van der Waals surface area contributed by atoms with Crippen molar-refractivity contribution in [2.24, 2.45) is 0 Å². The summed E-state index contributed by atoms with van der Waals surface area (Å²) in [4.78, 5) is 0. The van der Waals surface area contributed by atoms with Crippen molar-refractivity contribution >= 4 is 5.57 Å². The molecule has 18 heavy (non-hydrogen) atoms. The van der Waals surface area contributed by atoms with Gasteiger partial charge < -0.3 is 9.47 Å². The minimum atomic E-state index is -0.196. The van der Waals surface area contributed by atoms with E-state index in [4.69, 9.17) is 9.47 Å². The van der Waals surface area contributed by atoms with Gasteiger partial charge in [-0.25, -0.2) is 4.39 Å². The molecule has 1 heterocycles. The van der Waals surface area contributed by atoms with Gasteiger partial charge in [-0.1, -0.05) is 19.9 Å². The molecule has 0 amide bonds. The fourth-order valence-corrected chi connectivity index (χ4v) is 2.21. The number of ether oxygens (including phenoxy) is 2. The third kappa shape index (κ3) is 2.56. The number of methoxy groups -OCH3 is 1. The Labute approximate surface area is 107 Å². The van der Waals surface area contributed by atoms with Gasteiger partial charge in [-0.3, -0.25) is 0 Å². The first-order chi connectivity index (χ1) is 8.63. The zero-order valence-electron chi connectivity index (χ0n) is 11.1. The summed E-state index contributed by atoms with van der Waals surface area (Å²) >= 11 is 0. The lowest BCUT2D eigenvalue weighted by Crippen LogP contribution is -2.06. The van der Waals surface area contributed by atoms with Crippen LogP contribution < -0.4 is 4.74 Å². The molecule has 1 aliphatic rings. The third-order valence-electron chi connectivity index (χ3n) is 3.25. The van der Waals surface area contributed by atoms with Crippen LogP contribution in [-0.2, 0) is 4.74 Å². The summed E-state index contributed by atoms with van der Waals surface area (Å²) in [7, 11) is 1.58.